The van der Waals surface area contributed by atoms with Gasteiger partial charge in [-0.15, -0.1) is 24.0 Å². The summed E-state index contributed by atoms with van der Waals surface area (Å²) in [6.45, 7) is 10.2. The molecule has 0 aliphatic rings. The maximum absolute atomic E-state index is 12.0. The smallest absolute Gasteiger partial charge is 0.227 e. The predicted molar refractivity (Wildman–Crippen MR) is 119 cm³/mol. The van der Waals surface area contributed by atoms with Gasteiger partial charge in [0.1, 0.15) is 5.82 Å². The molecule has 1 heterocycles. The van der Waals surface area contributed by atoms with Crippen LogP contribution in [0.2, 0.25) is 0 Å². The Hall–Kier alpha value is -1.03. The first-order valence-corrected chi connectivity index (χ1v) is 9.39. The molecule has 0 spiro atoms. The van der Waals surface area contributed by atoms with Crippen LogP contribution in [-0.4, -0.2) is 47.5 Å². The van der Waals surface area contributed by atoms with E-state index >= 15 is 0 Å². The van der Waals surface area contributed by atoms with Crippen molar-refractivity contribution in [2.45, 2.75) is 38.9 Å². The Kier molecular flexibility index (Phi) is 11.8. The standard InChI is InChI=1S/C17H29N5OS.HI/c1-6-18-16(20-12-17(3,4)24-5)19-11-10-15(23)22-14-9-7-8-13(2)21-14;/h7-9H,6,10-12H2,1-5H3,(H2,18,19,20)(H,21,22,23);1H. The van der Waals surface area contributed by atoms with Crippen molar-refractivity contribution in [1.82, 2.24) is 15.6 Å². The minimum absolute atomic E-state index is 0. The second-order valence-electron chi connectivity index (χ2n) is 6.05. The van der Waals surface area contributed by atoms with Crippen LogP contribution in [0.15, 0.2) is 23.2 Å². The highest BCUT2D eigenvalue weighted by Crippen LogP contribution is 2.20. The van der Waals surface area contributed by atoms with Crippen LogP contribution >= 0.6 is 35.7 Å². The Morgan fingerprint density at radius 1 is 1.32 bits per heavy atom. The van der Waals surface area contributed by atoms with Gasteiger partial charge in [0.05, 0.1) is 6.54 Å². The van der Waals surface area contributed by atoms with Gasteiger partial charge in [0.15, 0.2) is 5.96 Å². The van der Waals surface area contributed by atoms with E-state index in [1.807, 2.05) is 26.0 Å². The molecule has 3 N–H and O–H groups in total. The fraction of sp³-hybridized carbons (Fsp3) is 0.588. The molecule has 0 aromatic carbocycles. The van der Waals surface area contributed by atoms with Gasteiger partial charge in [0.2, 0.25) is 5.91 Å². The van der Waals surface area contributed by atoms with E-state index in [0.717, 1.165) is 18.2 Å². The number of nitrogens with one attached hydrogen (secondary N) is 3. The molecular weight excluding hydrogens is 449 g/mol. The molecule has 142 valence electrons. The molecule has 1 rings (SSSR count). The van der Waals surface area contributed by atoms with E-state index in [1.54, 1.807) is 17.8 Å². The van der Waals surface area contributed by atoms with E-state index < -0.39 is 0 Å². The molecule has 0 radical (unpaired) electrons. The lowest BCUT2D eigenvalue weighted by molar-refractivity contribution is -0.116. The van der Waals surface area contributed by atoms with E-state index in [2.05, 4.69) is 46.0 Å². The Bertz CT molecular complexity index is 566. The van der Waals surface area contributed by atoms with E-state index in [0.29, 0.717) is 25.3 Å². The largest absolute Gasteiger partial charge is 0.357 e. The molecule has 1 amide bonds. The molecule has 0 fully saturated rings. The predicted octanol–water partition coefficient (Wildman–Crippen LogP) is 3.03. The molecule has 0 aliphatic carbocycles. The number of amides is 1. The molecule has 0 bridgehead atoms. The molecule has 25 heavy (non-hydrogen) atoms. The SMILES string of the molecule is CCNC(=NCC(C)(C)SC)NCCC(=O)Nc1cccc(C)n1.I. The number of carbonyl (C=O) groups is 1. The summed E-state index contributed by atoms with van der Waals surface area (Å²) in [7, 11) is 0. The van der Waals surface area contributed by atoms with Crippen LogP contribution < -0.4 is 16.0 Å². The van der Waals surface area contributed by atoms with Crippen molar-refractivity contribution in [3.63, 3.8) is 0 Å². The highest BCUT2D eigenvalue weighted by atomic mass is 127. The maximum atomic E-state index is 12.0. The Morgan fingerprint density at radius 3 is 2.64 bits per heavy atom. The van der Waals surface area contributed by atoms with Gasteiger partial charge >= 0.3 is 0 Å². The summed E-state index contributed by atoms with van der Waals surface area (Å²) in [6, 6.07) is 5.56. The van der Waals surface area contributed by atoms with E-state index in [-0.39, 0.29) is 34.6 Å². The number of hydrogen-bond donors (Lipinski definition) is 3. The van der Waals surface area contributed by atoms with Crippen LogP contribution in [0.1, 0.15) is 32.9 Å². The van der Waals surface area contributed by atoms with Gasteiger partial charge in [-0.2, -0.15) is 11.8 Å². The van der Waals surface area contributed by atoms with Crippen LogP contribution in [0.4, 0.5) is 5.82 Å². The van der Waals surface area contributed by atoms with E-state index in [1.165, 1.54) is 0 Å². The van der Waals surface area contributed by atoms with E-state index in [4.69, 9.17) is 0 Å². The van der Waals surface area contributed by atoms with Crippen LogP contribution in [0.3, 0.4) is 0 Å². The molecule has 6 nitrogen and oxygen atoms in total. The monoisotopic (exact) mass is 479 g/mol. The van der Waals surface area contributed by atoms with Crippen LogP contribution in [-0.2, 0) is 4.79 Å². The third-order valence-electron chi connectivity index (χ3n) is 3.32. The van der Waals surface area contributed by atoms with Gasteiger partial charge in [0.25, 0.3) is 0 Å². The Morgan fingerprint density at radius 2 is 2.04 bits per heavy atom. The number of carbonyl (C=O) groups excluding carboxylic acids is 1. The first-order valence-electron chi connectivity index (χ1n) is 8.17. The molecule has 0 unspecified atom stereocenters. The highest BCUT2D eigenvalue weighted by molar-refractivity contribution is 14.0. The number of pyridine rings is 1. The van der Waals surface area contributed by atoms with Crippen LogP contribution in [0, 0.1) is 6.92 Å². The van der Waals surface area contributed by atoms with Crippen molar-refractivity contribution in [1.29, 1.82) is 0 Å². The number of halogens is 1. The molecule has 0 saturated carbocycles. The van der Waals surface area contributed by atoms with Gasteiger partial charge in [-0.25, -0.2) is 4.98 Å². The number of aromatic nitrogens is 1. The molecule has 1 aromatic heterocycles. The summed E-state index contributed by atoms with van der Waals surface area (Å²) in [4.78, 5) is 20.8. The molecule has 0 saturated heterocycles. The lowest BCUT2D eigenvalue weighted by Crippen LogP contribution is -2.39. The van der Waals surface area contributed by atoms with Crippen molar-refractivity contribution in [2.75, 3.05) is 31.2 Å². The maximum Gasteiger partial charge on any atom is 0.227 e. The molecule has 1 aromatic rings. The Balaban J connectivity index is 0.00000576. The molecular formula is C17H30IN5OS. The van der Waals surface area contributed by atoms with Crippen LogP contribution in [0.5, 0.6) is 0 Å². The zero-order valence-electron chi connectivity index (χ0n) is 15.7. The molecule has 0 aliphatic heterocycles. The number of guanidine groups is 1. The second-order valence-corrected chi connectivity index (χ2v) is 7.56. The lowest BCUT2D eigenvalue weighted by atomic mass is 10.2. The number of aryl methyl sites for hydroxylation is 1. The van der Waals surface area contributed by atoms with Crippen LogP contribution in [0.25, 0.3) is 0 Å². The number of hydrogen-bond acceptors (Lipinski definition) is 4. The van der Waals surface area contributed by atoms with Gasteiger partial charge in [-0.1, -0.05) is 6.07 Å². The summed E-state index contributed by atoms with van der Waals surface area (Å²) in [5, 5.41) is 9.19. The normalized spacial score (nSPS) is 11.5. The van der Waals surface area contributed by atoms with Crippen molar-refractivity contribution in [3.05, 3.63) is 23.9 Å². The van der Waals surface area contributed by atoms with Crippen molar-refractivity contribution >= 4 is 53.4 Å². The summed E-state index contributed by atoms with van der Waals surface area (Å²) in [5.74, 6) is 1.25. The topological polar surface area (TPSA) is 78.4 Å². The van der Waals surface area contributed by atoms with Crippen molar-refractivity contribution in [2.24, 2.45) is 4.99 Å². The third-order valence-corrected chi connectivity index (χ3v) is 4.55. The lowest BCUT2D eigenvalue weighted by Gasteiger charge is -2.20. The number of thioether (sulfide) groups is 1. The first kappa shape index (κ1) is 24.0. The Labute approximate surface area is 172 Å². The molecule has 0 atom stereocenters. The first-order chi connectivity index (χ1) is 11.4. The third kappa shape index (κ3) is 10.5. The minimum Gasteiger partial charge on any atom is -0.357 e. The molecule has 8 heteroatoms. The van der Waals surface area contributed by atoms with Gasteiger partial charge in [0, 0.05) is 30.0 Å². The fourth-order valence-corrected chi connectivity index (χ4v) is 1.98. The average molecular weight is 479 g/mol. The number of aliphatic imine (C=N–C) groups is 1. The minimum atomic E-state index is -0.0686. The average Bonchev–Trinajstić information content (AvgIpc) is 2.52. The van der Waals surface area contributed by atoms with Gasteiger partial charge < -0.3 is 16.0 Å². The van der Waals surface area contributed by atoms with Crippen molar-refractivity contribution in [3.8, 4) is 0 Å². The number of rotatable bonds is 8. The summed E-state index contributed by atoms with van der Waals surface area (Å²) < 4.78 is 0.0938. The van der Waals surface area contributed by atoms with Gasteiger partial charge in [-0.3, -0.25) is 9.79 Å². The summed E-state index contributed by atoms with van der Waals surface area (Å²) >= 11 is 1.78. The van der Waals surface area contributed by atoms with Crippen molar-refractivity contribution < 1.29 is 4.79 Å². The summed E-state index contributed by atoms with van der Waals surface area (Å²) in [5.41, 5.74) is 0.879. The quantitative estimate of drug-likeness (QED) is 0.304. The highest BCUT2D eigenvalue weighted by Gasteiger charge is 2.15. The van der Waals surface area contributed by atoms with E-state index in [9.17, 15) is 4.79 Å². The number of anilines is 1. The zero-order chi connectivity index (χ0) is 18.0. The number of nitrogens with zero attached hydrogens (tertiary/aromatic N) is 2. The summed E-state index contributed by atoms with van der Waals surface area (Å²) in [6.07, 6.45) is 2.44. The second kappa shape index (κ2) is 12.3. The zero-order valence-corrected chi connectivity index (χ0v) is 18.8. The van der Waals surface area contributed by atoms with Gasteiger partial charge in [-0.05, 0) is 46.1 Å². The fourth-order valence-electron chi connectivity index (χ4n) is 1.79.